The molecule has 0 saturated heterocycles. The normalized spacial score (nSPS) is 10.8. The lowest BCUT2D eigenvalue weighted by atomic mass is 10.1. The number of phenolic OH excluding ortho intramolecular Hbond substituents is 1. The van der Waals surface area contributed by atoms with E-state index in [-0.39, 0.29) is 11.7 Å². The largest absolute Gasteiger partial charge is 0.508 e. The number of fused-ring (bicyclic) bond motifs is 1. The van der Waals surface area contributed by atoms with Crippen LogP contribution in [0.5, 0.6) is 5.75 Å². The van der Waals surface area contributed by atoms with Crippen molar-refractivity contribution in [2.75, 3.05) is 5.32 Å². The Kier molecular flexibility index (Phi) is 3.10. The van der Waals surface area contributed by atoms with Gasteiger partial charge in [0, 0.05) is 11.9 Å². The maximum absolute atomic E-state index is 12.4. The number of pyridine rings is 1. The number of nitrogens with one attached hydrogen (secondary N) is 1. The van der Waals surface area contributed by atoms with Crippen LogP contribution in [0.3, 0.4) is 0 Å². The number of carbonyl (C=O) groups excluding carboxylic acids is 1. The van der Waals surface area contributed by atoms with Crippen LogP contribution < -0.4 is 5.32 Å². The second-order valence-electron chi connectivity index (χ2n) is 5.00. The third-order valence-corrected chi connectivity index (χ3v) is 3.46. The van der Waals surface area contributed by atoms with Crippen LogP contribution in [0.4, 0.5) is 5.69 Å². The van der Waals surface area contributed by atoms with E-state index in [2.05, 4.69) is 10.4 Å². The van der Waals surface area contributed by atoms with Crippen molar-refractivity contribution in [3.63, 3.8) is 0 Å². The first-order valence-electron chi connectivity index (χ1n) is 6.60. The summed E-state index contributed by atoms with van der Waals surface area (Å²) in [5, 5.41) is 16.7. The predicted molar refractivity (Wildman–Crippen MR) is 80.7 cm³/mol. The van der Waals surface area contributed by atoms with Gasteiger partial charge in [-0.2, -0.15) is 5.10 Å². The third-order valence-electron chi connectivity index (χ3n) is 3.46. The Bertz CT molecular complexity index is 837. The highest BCUT2D eigenvalue weighted by atomic mass is 16.3. The summed E-state index contributed by atoms with van der Waals surface area (Å²) in [5.41, 5.74) is 3.48. The number of amides is 1. The summed E-state index contributed by atoms with van der Waals surface area (Å²) in [6.45, 7) is 3.63. The lowest BCUT2D eigenvalue weighted by Gasteiger charge is -2.10. The van der Waals surface area contributed by atoms with Crippen molar-refractivity contribution in [1.29, 1.82) is 0 Å². The summed E-state index contributed by atoms with van der Waals surface area (Å²) in [6.07, 6.45) is 3.34. The minimum Gasteiger partial charge on any atom is -0.508 e. The Morgan fingerprint density at radius 1 is 1.24 bits per heavy atom. The molecule has 5 heteroatoms. The molecule has 0 aliphatic rings. The van der Waals surface area contributed by atoms with Crippen molar-refractivity contribution < 1.29 is 9.90 Å². The van der Waals surface area contributed by atoms with Gasteiger partial charge in [0.15, 0.2) is 0 Å². The summed E-state index contributed by atoms with van der Waals surface area (Å²) in [7, 11) is 0. The molecule has 21 heavy (non-hydrogen) atoms. The smallest absolute Gasteiger partial charge is 0.259 e. The minimum absolute atomic E-state index is 0.218. The number of aryl methyl sites for hydroxylation is 2. The van der Waals surface area contributed by atoms with Gasteiger partial charge in [0.2, 0.25) is 0 Å². The molecule has 2 heterocycles. The van der Waals surface area contributed by atoms with E-state index < -0.39 is 0 Å². The van der Waals surface area contributed by atoms with Gasteiger partial charge < -0.3 is 10.4 Å². The molecule has 2 aromatic heterocycles. The quantitative estimate of drug-likeness (QED) is 0.710. The van der Waals surface area contributed by atoms with Crippen molar-refractivity contribution in [3.8, 4) is 5.75 Å². The summed E-state index contributed by atoms with van der Waals surface area (Å²) < 4.78 is 1.66. The zero-order chi connectivity index (χ0) is 15.0. The van der Waals surface area contributed by atoms with Crippen molar-refractivity contribution >= 4 is 17.1 Å². The number of hydrogen-bond donors (Lipinski definition) is 2. The third kappa shape index (κ3) is 2.33. The van der Waals surface area contributed by atoms with E-state index in [4.69, 9.17) is 0 Å². The number of phenols is 1. The number of aromatic hydroxyl groups is 1. The van der Waals surface area contributed by atoms with Gasteiger partial charge >= 0.3 is 0 Å². The van der Waals surface area contributed by atoms with Crippen LogP contribution in [0, 0.1) is 13.8 Å². The van der Waals surface area contributed by atoms with Crippen molar-refractivity contribution in [2.24, 2.45) is 0 Å². The Morgan fingerprint density at radius 2 is 2.05 bits per heavy atom. The molecule has 3 aromatic rings. The molecule has 0 radical (unpaired) electrons. The molecule has 0 saturated carbocycles. The van der Waals surface area contributed by atoms with E-state index in [9.17, 15) is 9.90 Å². The van der Waals surface area contributed by atoms with Crippen molar-refractivity contribution in [1.82, 2.24) is 9.61 Å². The minimum atomic E-state index is -0.218. The van der Waals surface area contributed by atoms with Crippen LogP contribution >= 0.6 is 0 Å². The van der Waals surface area contributed by atoms with E-state index in [1.807, 2.05) is 25.1 Å². The molecular formula is C16H15N3O2. The molecule has 0 unspecified atom stereocenters. The number of benzene rings is 1. The van der Waals surface area contributed by atoms with Gasteiger partial charge in [-0.05, 0) is 49.2 Å². The van der Waals surface area contributed by atoms with Crippen LogP contribution in [0.15, 0.2) is 42.7 Å². The van der Waals surface area contributed by atoms with Gasteiger partial charge in [0.05, 0.1) is 17.3 Å². The average molecular weight is 281 g/mol. The number of rotatable bonds is 2. The number of carbonyl (C=O) groups is 1. The summed E-state index contributed by atoms with van der Waals surface area (Å²) in [6, 6.07) is 8.96. The highest BCUT2D eigenvalue weighted by Crippen LogP contribution is 2.25. The number of hydrogen-bond acceptors (Lipinski definition) is 3. The van der Waals surface area contributed by atoms with E-state index in [0.29, 0.717) is 11.3 Å². The lowest BCUT2D eigenvalue weighted by Crippen LogP contribution is -2.12. The number of anilines is 1. The van der Waals surface area contributed by atoms with Crippen LogP contribution in [-0.4, -0.2) is 20.6 Å². The first-order chi connectivity index (χ1) is 10.1. The fraction of sp³-hybridized carbons (Fsp3) is 0.125. The molecule has 0 atom stereocenters. The molecule has 1 aromatic carbocycles. The molecule has 0 aliphatic heterocycles. The van der Waals surface area contributed by atoms with Crippen molar-refractivity contribution in [3.05, 3.63) is 59.4 Å². The van der Waals surface area contributed by atoms with Gasteiger partial charge in [-0.3, -0.25) is 4.79 Å². The maximum Gasteiger partial charge on any atom is 0.259 e. The summed E-state index contributed by atoms with van der Waals surface area (Å²) in [5.74, 6) is 0.00544. The van der Waals surface area contributed by atoms with Crippen LogP contribution in [0.1, 0.15) is 21.5 Å². The Morgan fingerprint density at radius 3 is 2.86 bits per heavy atom. The Balaban J connectivity index is 1.95. The van der Waals surface area contributed by atoms with E-state index in [0.717, 1.165) is 16.6 Å². The maximum atomic E-state index is 12.4. The van der Waals surface area contributed by atoms with Gasteiger partial charge in [-0.1, -0.05) is 6.07 Å². The zero-order valence-electron chi connectivity index (χ0n) is 11.8. The SMILES string of the molecule is Cc1cc(NC(=O)c2cnn3ccccc23)c(C)cc1O. The number of nitrogens with zero attached hydrogens (tertiary/aromatic N) is 2. The van der Waals surface area contributed by atoms with Gasteiger partial charge in [-0.15, -0.1) is 0 Å². The highest BCUT2D eigenvalue weighted by Gasteiger charge is 2.14. The number of aromatic nitrogens is 2. The first-order valence-corrected chi connectivity index (χ1v) is 6.60. The molecule has 0 spiro atoms. The summed E-state index contributed by atoms with van der Waals surface area (Å²) >= 11 is 0. The van der Waals surface area contributed by atoms with Gasteiger partial charge in [0.25, 0.3) is 5.91 Å². The molecular weight excluding hydrogens is 266 g/mol. The summed E-state index contributed by atoms with van der Waals surface area (Å²) in [4.78, 5) is 12.4. The zero-order valence-corrected chi connectivity index (χ0v) is 11.8. The highest BCUT2D eigenvalue weighted by molar-refractivity contribution is 6.09. The first kappa shape index (κ1) is 13.2. The van der Waals surface area contributed by atoms with Crippen molar-refractivity contribution in [2.45, 2.75) is 13.8 Å². The second kappa shape index (κ2) is 4.94. The molecule has 3 rings (SSSR count). The molecule has 5 nitrogen and oxygen atoms in total. The molecule has 0 fully saturated rings. The molecule has 106 valence electrons. The van der Waals surface area contributed by atoms with E-state index in [1.54, 1.807) is 36.0 Å². The molecule has 0 aliphatic carbocycles. The standard InChI is InChI=1S/C16H15N3O2/c1-10-8-15(20)11(2)7-13(10)18-16(21)12-9-17-19-6-4-3-5-14(12)19/h3-9,20H,1-2H3,(H,18,21). The average Bonchev–Trinajstić information content (AvgIpc) is 2.88. The fourth-order valence-electron chi connectivity index (χ4n) is 2.23. The molecule has 1 amide bonds. The Labute approximate surface area is 121 Å². The monoisotopic (exact) mass is 281 g/mol. The lowest BCUT2D eigenvalue weighted by molar-refractivity contribution is 0.102. The van der Waals surface area contributed by atoms with Crippen LogP contribution in [0.25, 0.3) is 5.52 Å². The van der Waals surface area contributed by atoms with E-state index >= 15 is 0 Å². The molecule has 0 bridgehead atoms. The fourth-order valence-corrected chi connectivity index (χ4v) is 2.23. The van der Waals surface area contributed by atoms with Gasteiger partial charge in [0.1, 0.15) is 5.75 Å². The topological polar surface area (TPSA) is 66.6 Å². The van der Waals surface area contributed by atoms with Crippen LogP contribution in [-0.2, 0) is 0 Å². The van der Waals surface area contributed by atoms with Crippen LogP contribution in [0.2, 0.25) is 0 Å². The van der Waals surface area contributed by atoms with Gasteiger partial charge in [-0.25, -0.2) is 4.52 Å². The van der Waals surface area contributed by atoms with E-state index in [1.165, 1.54) is 0 Å². The Hall–Kier alpha value is -2.82. The molecule has 2 N–H and O–H groups in total. The second-order valence-corrected chi connectivity index (χ2v) is 5.00. The predicted octanol–water partition coefficient (Wildman–Crippen LogP) is 2.91.